The van der Waals surface area contributed by atoms with Crippen molar-refractivity contribution in [3.8, 4) is 5.75 Å². The van der Waals surface area contributed by atoms with Gasteiger partial charge in [-0.15, -0.1) is 0 Å². The van der Waals surface area contributed by atoms with Crippen LogP contribution in [0.15, 0.2) is 42.6 Å². The van der Waals surface area contributed by atoms with Crippen LogP contribution in [0.25, 0.3) is 0 Å². The van der Waals surface area contributed by atoms with Gasteiger partial charge in [0.05, 0.1) is 5.69 Å². The lowest BCUT2D eigenvalue weighted by atomic mass is 10.2. The Morgan fingerprint density at radius 3 is 2.76 bits per heavy atom. The second kappa shape index (κ2) is 5.41. The van der Waals surface area contributed by atoms with Crippen molar-refractivity contribution in [3.05, 3.63) is 59.7 Å². The van der Waals surface area contributed by atoms with Crippen molar-refractivity contribution in [1.29, 1.82) is 0 Å². The lowest BCUT2D eigenvalue weighted by Gasteiger charge is -2.06. The predicted octanol–water partition coefficient (Wildman–Crippen LogP) is 2.26. The fourth-order valence-corrected chi connectivity index (χ4v) is 1.38. The average molecular weight is 232 g/mol. The average Bonchev–Trinajstić information content (AvgIpc) is 2.37. The summed E-state index contributed by atoms with van der Waals surface area (Å²) in [5.41, 5.74) is 7.20. The van der Waals surface area contributed by atoms with E-state index in [1.807, 2.05) is 12.1 Å². The Hall–Kier alpha value is -1.94. The summed E-state index contributed by atoms with van der Waals surface area (Å²) in [7, 11) is 0. The van der Waals surface area contributed by atoms with E-state index in [1.54, 1.807) is 18.3 Å². The zero-order chi connectivity index (χ0) is 12.1. The molecule has 1 heterocycles. The molecule has 0 saturated carbocycles. The topological polar surface area (TPSA) is 48.1 Å². The SMILES string of the molecule is NCc1ccc(COc2cccc(F)c2)cn1. The summed E-state index contributed by atoms with van der Waals surface area (Å²) in [5, 5.41) is 0. The van der Waals surface area contributed by atoms with E-state index >= 15 is 0 Å². The number of aromatic nitrogens is 1. The maximum absolute atomic E-state index is 12.9. The molecule has 0 aliphatic heterocycles. The smallest absolute Gasteiger partial charge is 0.126 e. The summed E-state index contributed by atoms with van der Waals surface area (Å²) in [5.74, 6) is 0.201. The van der Waals surface area contributed by atoms with E-state index in [9.17, 15) is 4.39 Å². The quantitative estimate of drug-likeness (QED) is 0.879. The van der Waals surface area contributed by atoms with Crippen LogP contribution in [0.1, 0.15) is 11.3 Å². The van der Waals surface area contributed by atoms with Gasteiger partial charge in [0.1, 0.15) is 18.2 Å². The van der Waals surface area contributed by atoms with E-state index in [4.69, 9.17) is 10.5 Å². The Labute approximate surface area is 99.1 Å². The van der Waals surface area contributed by atoms with Crippen LogP contribution >= 0.6 is 0 Å². The van der Waals surface area contributed by atoms with Crippen LogP contribution in [0.2, 0.25) is 0 Å². The van der Waals surface area contributed by atoms with Gasteiger partial charge in [-0.1, -0.05) is 12.1 Å². The zero-order valence-corrected chi connectivity index (χ0v) is 9.27. The molecule has 0 fully saturated rings. The molecule has 0 aliphatic carbocycles. The van der Waals surface area contributed by atoms with Crippen molar-refractivity contribution >= 4 is 0 Å². The molecule has 17 heavy (non-hydrogen) atoms. The first kappa shape index (κ1) is 11.5. The van der Waals surface area contributed by atoms with Crippen LogP contribution < -0.4 is 10.5 Å². The number of nitrogens with two attached hydrogens (primary N) is 1. The molecular formula is C13H13FN2O. The highest BCUT2D eigenvalue weighted by Crippen LogP contribution is 2.13. The van der Waals surface area contributed by atoms with Gasteiger partial charge < -0.3 is 10.5 Å². The first-order valence-electron chi connectivity index (χ1n) is 5.30. The number of benzene rings is 1. The summed E-state index contributed by atoms with van der Waals surface area (Å²) in [4.78, 5) is 4.15. The van der Waals surface area contributed by atoms with Crippen molar-refractivity contribution in [2.24, 2.45) is 5.73 Å². The number of pyridine rings is 1. The highest BCUT2D eigenvalue weighted by atomic mass is 19.1. The van der Waals surface area contributed by atoms with Crippen LogP contribution in [0.5, 0.6) is 5.75 Å². The number of hydrogen-bond acceptors (Lipinski definition) is 3. The molecule has 0 unspecified atom stereocenters. The van der Waals surface area contributed by atoms with Crippen molar-refractivity contribution in [3.63, 3.8) is 0 Å². The Bertz CT molecular complexity index is 485. The van der Waals surface area contributed by atoms with Gasteiger partial charge in [0.15, 0.2) is 0 Å². The molecule has 1 aromatic heterocycles. The molecule has 4 heteroatoms. The first-order valence-corrected chi connectivity index (χ1v) is 5.30. The third-order valence-electron chi connectivity index (χ3n) is 2.30. The molecule has 0 amide bonds. The molecule has 0 saturated heterocycles. The number of hydrogen-bond donors (Lipinski definition) is 1. The van der Waals surface area contributed by atoms with Crippen LogP contribution in [0, 0.1) is 5.82 Å². The summed E-state index contributed by atoms with van der Waals surface area (Å²) >= 11 is 0. The maximum atomic E-state index is 12.9. The minimum atomic E-state index is -0.306. The van der Waals surface area contributed by atoms with E-state index in [-0.39, 0.29) is 5.82 Å². The van der Waals surface area contributed by atoms with Crippen LogP contribution in [-0.4, -0.2) is 4.98 Å². The second-order valence-electron chi connectivity index (χ2n) is 3.61. The van der Waals surface area contributed by atoms with Gasteiger partial charge in [-0.05, 0) is 18.2 Å². The van der Waals surface area contributed by atoms with Crippen LogP contribution in [0.4, 0.5) is 4.39 Å². The Morgan fingerprint density at radius 2 is 2.12 bits per heavy atom. The molecule has 3 nitrogen and oxygen atoms in total. The predicted molar refractivity (Wildman–Crippen MR) is 62.9 cm³/mol. The second-order valence-corrected chi connectivity index (χ2v) is 3.61. The van der Waals surface area contributed by atoms with Gasteiger partial charge in [-0.3, -0.25) is 4.98 Å². The molecule has 1 aromatic carbocycles. The molecule has 2 aromatic rings. The number of ether oxygens (including phenoxy) is 1. The summed E-state index contributed by atoms with van der Waals surface area (Å²) in [6.45, 7) is 0.784. The lowest BCUT2D eigenvalue weighted by molar-refractivity contribution is 0.304. The number of rotatable bonds is 4. The molecule has 0 bridgehead atoms. The van der Waals surface area contributed by atoms with Gasteiger partial charge in [0, 0.05) is 24.4 Å². The normalized spacial score (nSPS) is 10.2. The third-order valence-corrected chi connectivity index (χ3v) is 2.30. The Morgan fingerprint density at radius 1 is 1.24 bits per heavy atom. The Balaban J connectivity index is 1.97. The number of halogens is 1. The minimum absolute atomic E-state index is 0.306. The summed E-state index contributed by atoms with van der Waals surface area (Å²) in [6.07, 6.45) is 1.71. The molecule has 0 spiro atoms. The molecule has 0 radical (unpaired) electrons. The van der Waals surface area contributed by atoms with Gasteiger partial charge >= 0.3 is 0 Å². The van der Waals surface area contributed by atoms with Gasteiger partial charge in [-0.2, -0.15) is 0 Å². The first-order chi connectivity index (χ1) is 8.28. The van der Waals surface area contributed by atoms with E-state index in [0.717, 1.165) is 11.3 Å². The molecule has 2 N–H and O–H groups in total. The third kappa shape index (κ3) is 3.26. The highest BCUT2D eigenvalue weighted by Gasteiger charge is 1.98. The monoisotopic (exact) mass is 232 g/mol. The van der Waals surface area contributed by atoms with E-state index in [2.05, 4.69) is 4.98 Å². The van der Waals surface area contributed by atoms with E-state index in [0.29, 0.717) is 18.9 Å². The highest BCUT2D eigenvalue weighted by molar-refractivity contribution is 5.23. The molecular weight excluding hydrogens is 219 g/mol. The maximum Gasteiger partial charge on any atom is 0.126 e. The number of nitrogens with zero attached hydrogens (tertiary/aromatic N) is 1. The van der Waals surface area contributed by atoms with Crippen molar-refractivity contribution in [2.75, 3.05) is 0 Å². The van der Waals surface area contributed by atoms with Crippen molar-refractivity contribution in [1.82, 2.24) is 4.98 Å². The zero-order valence-electron chi connectivity index (χ0n) is 9.27. The van der Waals surface area contributed by atoms with E-state index in [1.165, 1.54) is 12.1 Å². The van der Waals surface area contributed by atoms with Gasteiger partial charge in [-0.25, -0.2) is 4.39 Å². The van der Waals surface area contributed by atoms with Crippen LogP contribution in [-0.2, 0) is 13.2 Å². The lowest BCUT2D eigenvalue weighted by Crippen LogP contribution is -2.01. The fraction of sp³-hybridized carbons (Fsp3) is 0.154. The van der Waals surface area contributed by atoms with Crippen molar-refractivity contribution < 1.29 is 9.13 Å². The standard InChI is InChI=1S/C13H13FN2O/c14-11-2-1-3-13(6-11)17-9-10-4-5-12(7-15)16-8-10/h1-6,8H,7,9,15H2. The Kier molecular flexibility index (Phi) is 3.67. The van der Waals surface area contributed by atoms with Gasteiger partial charge in [0.25, 0.3) is 0 Å². The molecule has 2 rings (SSSR count). The molecule has 88 valence electrons. The largest absolute Gasteiger partial charge is 0.489 e. The van der Waals surface area contributed by atoms with Crippen molar-refractivity contribution in [2.45, 2.75) is 13.2 Å². The minimum Gasteiger partial charge on any atom is -0.489 e. The fourth-order valence-electron chi connectivity index (χ4n) is 1.38. The summed E-state index contributed by atoms with van der Waals surface area (Å²) in [6, 6.07) is 9.80. The van der Waals surface area contributed by atoms with Crippen LogP contribution in [0.3, 0.4) is 0 Å². The molecule has 0 atom stereocenters. The van der Waals surface area contributed by atoms with Gasteiger partial charge in [0.2, 0.25) is 0 Å². The summed E-state index contributed by atoms with van der Waals surface area (Å²) < 4.78 is 18.3. The van der Waals surface area contributed by atoms with E-state index < -0.39 is 0 Å². The molecule has 0 aliphatic rings.